The highest BCUT2D eigenvalue weighted by molar-refractivity contribution is 6.30. The number of halogens is 1. The summed E-state index contributed by atoms with van der Waals surface area (Å²) in [6, 6.07) is 14.0. The van der Waals surface area contributed by atoms with E-state index in [1.807, 2.05) is 12.1 Å². The van der Waals surface area contributed by atoms with Crippen LogP contribution in [-0.2, 0) is 20.7 Å². The molecule has 2 aromatic carbocycles. The smallest absolute Gasteiger partial charge is 0.407 e. The molecule has 0 aliphatic heterocycles. The highest BCUT2D eigenvalue weighted by atomic mass is 35.5. The predicted molar refractivity (Wildman–Crippen MR) is 134 cm³/mol. The molecule has 0 bridgehead atoms. The first-order valence-corrected chi connectivity index (χ1v) is 11.7. The number of carbonyl (C=O) groups is 3. The van der Waals surface area contributed by atoms with Gasteiger partial charge in [-0.2, -0.15) is 0 Å². The summed E-state index contributed by atoms with van der Waals surface area (Å²) in [5.41, 5.74) is -0.271. The number of alkyl carbamates (subject to hydrolysis) is 1. The average molecular weight is 505 g/mol. The van der Waals surface area contributed by atoms with Crippen molar-refractivity contribution in [3.05, 3.63) is 64.7 Å². The fourth-order valence-electron chi connectivity index (χ4n) is 2.87. The summed E-state index contributed by atoms with van der Waals surface area (Å²) in [7, 11) is 0. The molecule has 0 radical (unpaired) electrons. The molecule has 2 N–H and O–H groups in total. The predicted octanol–water partition coefficient (Wildman–Crippen LogP) is 4.54. The second kappa shape index (κ2) is 12.4. The van der Waals surface area contributed by atoms with Crippen LogP contribution in [0.4, 0.5) is 4.79 Å². The summed E-state index contributed by atoms with van der Waals surface area (Å²) in [5.74, 6) is -0.214. The lowest BCUT2D eigenvalue weighted by Crippen LogP contribution is -2.41. The van der Waals surface area contributed by atoms with Crippen LogP contribution in [0.3, 0.4) is 0 Å². The van der Waals surface area contributed by atoms with Crippen molar-refractivity contribution in [1.82, 2.24) is 10.6 Å². The van der Waals surface area contributed by atoms with E-state index in [-0.39, 0.29) is 19.1 Å². The molecular formula is C26H33ClN2O6. The number of esters is 1. The van der Waals surface area contributed by atoms with Crippen LogP contribution in [0.2, 0.25) is 5.02 Å². The molecule has 9 heteroatoms. The fourth-order valence-corrected chi connectivity index (χ4v) is 2.99. The molecule has 8 nitrogen and oxygen atoms in total. The van der Waals surface area contributed by atoms with E-state index in [9.17, 15) is 14.4 Å². The van der Waals surface area contributed by atoms with Gasteiger partial charge in [-0.05, 0) is 83.0 Å². The molecule has 0 saturated heterocycles. The minimum Gasteiger partial charge on any atom is -0.476 e. The third-order valence-corrected chi connectivity index (χ3v) is 4.85. The number of ether oxygens (including phenoxy) is 3. The van der Waals surface area contributed by atoms with Gasteiger partial charge in [0.15, 0.2) is 5.60 Å². The van der Waals surface area contributed by atoms with E-state index in [1.165, 1.54) is 0 Å². The third kappa shape index (κ3) is 10.3. The van der Waals surface area contributed by atoms with Crippen molar-refractivity contribution >= 4 is 29.6 Å². The molecule has 0 saturated carbocycles. The van der Waals surface area contributed by atoms with Crippen LogP contribution in [0, 0.1) is 0 Å². The zero-order chi connectivity index (χ0) is 26.1. The first-order chi connectivity index (χ1) is 16.4. The molecule has 0 heterocycles. The average Bonchev–Trinajstić information content (AvgIpc) is 2.76. The first-order valence-electron chi connectivity index (χ1n) is 11.3. The Morgan fingerprint density at radius 3 is 2.09 bits per heavy atom. The molecular weight excluding hydrogens is 472 g/mol. The van der Waals surface area contributed by atoms with Crippen molar-refractivity contribution in [2.24, 2.45) is 0 Å². The zero-order valence-corrected chi connectivity index (χ0v) is 21.5. The van der Waals surface area contributed by atoms with Gasteiger partial charge in [-0.1, -0.05) is 23.7 Å². The molecule has 2 rings (SSSR count). The highest BCUT2D eigenvalue weighted by Gasteiger charge is 2.32. The second-order valence-electron chi connectivity index (χ2n) is 9.33. The number of amides is 2. The van der Waals surface area contributed by atoms with Gasteiger partial charge in [-0.3, -0.25) is 4.79 Å². The third-order valence-electron chi connectivity index (χ3n) is 4.60. The summed E-state index contributed by atoms with van der Waals surface area (Å²) < 4.78 is 16.1. The molecule has 0 atom stereocenters. The minimum absolute atomic E-state index is 0.00839. The van der Waals surface area contributed by atoms with Gasteiger partial charge in [-0.25, -0.2) is 9.59 Å². The van der Waals surface area contributed by atoms with Gasteiger partial charge in [0.2, 0.25) is 0 Å². The molecule has 0 unspecified atom stereocenters. The molecule has 0 aromatic heterocycles. The van der Waals surface area contributed by atoms with Crippen LogP contribution in [0.5, 0.6) is 5.75 Å². The Hall–Kier alpha value is -3.26. The summed E-state index contributed by atoms with van der Waals surface area (Å²) in [6.45, 7) is 9.09. The van der Waals surface area contributed by atoms with Crippen molar-refractivity contribution in [2.45, 2.75) is 52.2 Å². The summed E-state index contributed by atoms with van der Waals surface area (Å²) >= 11 is 5.84. The quantitative estimate of drug-likeness (QED) is 0.364. The Morgan fingerprint density at radius 2 is 1.49 bits per heavy atom. The van der Waals surface area contributed by atoms with Crippen LogP contribution >= 0.6 is 11.6 Å². The van der Waals surface area contributed by atoms with Gasteiger partial charge in [0.1, 0.15) is 18.0 Å². The molecule has 0 spiro atoms. The number of carbonyl (C=O) groups excluding carboxylic acids is 3. The normalized spacial score (nSPS) is 11.4. The van der Waals surface area contributed by atoms with Gasteiger partial charge in [0, 0.05) is 17.1 Å². The molecule has 35 heavy (non-hydrogen) atoms. The monoisotopic (exact) mass is 504 g/mol. The Kier molecular flexibility index (Phi) is 9.95. The summed E-state index contributed by atoms with van der Waals surface area (Å²) in [4.78, 5) is 36.2. The number of rotatable bonds is 10. The van der Waals surface area contributed by atoms with Gasteiger partial charge in [-0.15, -0.1) is 0 Å². The lowest BCUT2D eigenvalue weighted by Gasteiger charge is -2.24. The van der Waals surface area contributed by atoms with Crippen molar-refractivity contribution in [2.75, 3.05) is 19.7 Å². The van der Waals surface area contributed by atoms with Gasteiger partial charge in [0.25, 0.3) is 5.91 Å². The summed E-state index contributed by atoms with van der Waals surface area (Å²) in [5, 5.41) is 5.97. The van der Waals surface area contributed by atoms with Crippen LogP contribution < -0.4 is 15.4 Å². The Balaban J connectivity index is 1.74. The number of hydrogen-bond donors (Lipinski definition) is 2. The lowest BCUT2D eigenvalue weighted by molar-refractivity contribution is -0.159. The maximum Gasteiger partial charge on any atom is 0.407 e. The second-order valence-corrected chi connectivity index (χ2v) is 9.77. The number of nitrogens with one attached hydrogen (secondary N) is 2. The number of benzene rings is 2. The number of hydrogen-bond acceptors (Lipinski definition) is 6. The zero-order valence-electron chi connectivity index (χ0n) is 20.8. The van der Waals surface area contributed by atoms with Crippen LogP contribution in [0.1, 0.15) is 50.5 Å². The van der Waals surface area contributed by atoms with Gasteiger partial charge < -0.3 is 24.8 Å². The molecule has 0 aliphatic carbocycles. The Bertz CT molecular complexity index is 998. The highest BCUT2D eigenvalue weighted by Crippen LogP contribution is 2.20. The van der Waals surface area contributed by atoms with Gasteiger partial charge >= 0.3 is 12.1 Å². The standard InChI is InChI=1S/C26H33ClN2O6/c1-25(2,3)35-24(32)29-16-17-33-23(31)26(4,5)34-21-12-6-18(7-13-21)14-15-28-22(30)19-8-10-20(27)11-9-19/h6-13H,14-17H2,1-5H3,(H,28,30)(H,29,32). The molecule has 2 aromatic rings. The lowest BCUT2D eigenvalue weighted by atomic mass is 10.1. The van der Waals surface area contributed by atoms with E-state index in [4.69, 9.17) is 25.8 Å². The Morgan fingerprint density at radius 1 is 0.857 bits per heavy atom. The van der Waals surface area contributed by atoms with Crippen LogP contribution in [0.15, 0.2) is 48.5 Å². The largest absolute Gasteiger partial charge is 0.476 e. The first kappa shape index (κ1) is 28.0. The van der Waals surface area contributed by atoms with Crippen molar-refractivity contribution in [3.63, 3.8) is 0 Å². The molecule has 0 aliphatic rings. The summed E-state index contributed by atoms with van der Waals surface area (Å²) in [6.07, 6.45) is 0.0593. The van der Waals surface area contributed by atoms with Crippen molar-refractivity contribution < 1.29 is 28.6 Å². The van der Waals surface area contributed by atoms with E-state index in [0.29, 0.717) is 29.3 Å². The van der Waals surface area contributed by atoms with Crippen molar-refractivity contribution in [1.29, 1.82) is 0 Å². The van der Waals surface area contributed by atoms with Crippen LogP contribution in [0.25, 0.3) is 0 Å². The molecule has 190 valence electrons. The molecule has 0 fully saturated rings. The minimum atomic E-state index is -1.22. The maximum atomic E-state index is 12.4. The maximum absolute atomic E-state index is 12.4. The molecule has 2 amide bonds. The van der Waals surface area contributed by atoms with E-state index in [2.05, 4.69) is 10.6 Å². The van der Waals surface area contributed by atoms with E-state index in [1.54, 1.807) is 71.0 Å². The van der Waals surface area contributed by atoms with Crippen molar-refractivity contribution in [3.8, 4) is 5.75 Å². The van der Waals surface area contributed by atoms with Gasteiger partial charge in [0.05, 0.1) is 6.54 Å². The fraction of sp³-hybridized carbons (Fsp3) is 0.423. The topological polar surface area (TPSA) is 103 Å². The SMILES string of the molecule is CC(C)(C)OC(=O)NCCOC(=O)C(C)(C)Oc1ccc(CCNC(=O)c2ccc(Cl)cc2)cc1. The van der Waals surface area contributed by atoms with E-state index >= 15 is 0 Å². The Labute approximate surface area is 211 Å². The van der Waals surface area contributed by atoms with E-state index in [0.717, 1.165) is 5.56 Å². The van der Waals surface area contributed by atoms with Crippen LogP contribution in [-0.4, -0.2) is 48.9 Å². The van der Waals surface area contributed by atoms with E-state index < -0.39 is 23.3 Å².